The molecule has 4 aromatic rings. The van der Waals surface area contributed by atoms with E-state index in [0.29, 0.717) is 12.2 Å². The second-order valence-electron chi connectivity index (χ2n) is 6.06. The fourth-order valence-electron chi connectivity index (χ4n) is 3.22. The van der Waals surface area contributed by atoms with Gasteiger partial charge < -0.3 is 9.30 Å². The summed E-state index contributed by atoms with van der Waals surface area (Å²) in [6.07, 6.45) is 0. The molecule has 0 saturated carbocycles. The second-order valence-corrected chi connectivity index (χ2v) is 6.06. The third-order valence-corrected chi connectivity index (χ3v) is 4.42. The lowest BCUT2D eigenvalue weighted by Crippen LogP contribution is -2.05. The molecule has 26 heavy (non-hydrogen) atoms. The number of esters is 1. The van der Waals surface area contributed by atoms with E-state index in [0.717, 1.165) is 22.5 Å². The van der Waals surface area contributed by atoms with Crippen LogP contribution in [0.5, 0.6) is 0 Å². The van der Waals surface area contributed by atoms with E-state index in [-0.39, 0.29) is 5.97 Å². The molecule has 0 aliphatic heterocycles. The van der Waals surface area contributed by atoms with Crippen molar-refractivity contribution in [3.05, 3.63) is 90.5 Å². The number of carbonyl (C=O) groups is 1. The van der Waals surface area contributed by atoms with Gasteiger partial charge in [0, 0.05) is 11.1 Å². The molecule has 4 rings (SSSR count). The molecule has 0 unspecified atom stereocenters. The molecule has 0 atom stereocenters. The van der Waals surface area contributed by atoms with Gasteiger partial charge in [-0.1, -0.05) is 48.5 Å². The van der Waals surface area contributed by atoms with Crippen molar-refractivity contribution in [1.29, 1.82) is 0 Å². The Morgan fingerprint density at radius 3 is 2.31 bits per heavy atom. The molecule has 0 bridgehead atoms. The number of nitrogens with zero attached hydrogens (tertiary/aromatic N) is 1. The molecule has 3 nitrogen and oxygen atoms in total. The lowest BCUT2D eigenvalue weighted by atomic mass is 10.1. The van der Waals surface area contributed by atoms with Gasteiger partial charge >= 0.3 is 5.97 Å². The molecule has 3 heteroatoms. The SMILES string of the molecule is CCOC(=O)c1ccc(-n2c(-c3ccccc3)cc3ccccc32)cc1. The predicted molar refractivity (Wildman–Crippen MR) is 105 cm³/mol. The summed E-state index contributed by atoms with van der Waals surface area (Å²) in [6, 6.07) is 28.4. The van der Waals surface area contributed by atoms with Crippen LogP contribution < -0.4 is 0 Å². The molecule has 1 heterocycles. The molecule has 0 spiro atoms. The number of benzene rings is 3. The summed E-state index contributed by atoms with van der Waals surface area (Å²) >= 11 is 0. The predicted octanol–water partition coefficient (Wildman–Crippen LogP) is 5.47. The van der Waals surface area contributed by atoms with Crippen molar-refractivity contribution < 1.29 is 9.53 Å². The minimum absolute atomic E-state index is 0.292. The first-order valence-corrected chi connectivity index (χ1v) is 8.71. The van der Waals surface area contributed by atoms with E-state index >= 15 is 0 Å². The van der Waals surface area contributed by atoms with Crippen molar-refractivity contribution in [2.24, 2.45) is 0 Å². The molecule has 0 fully saturated rings. The number of hydrogen-bond donors (Lipinski definition) is 0. The molecule has 0 amide bonds. The first kappa shape index (κ1) is 16.2. The van der Waals surface area contributed by atoms with E-state index in [2.05, 4.69) is 34.9 Å². The molecular formula is C23H19NO2. The summed E-state index contributed by atoms with van der Waals surface area (Å²) in [4.78, 5) is 11.9. The maximum Gasteiger partial charge on any atom is 0.338 e. The van der Waals surface area contributed by atoms with E-state index in [1.54, 1.807) is 0 Å². The molecule has 3 aromatic carbocycles. The van der Waals surface area contributed by atoms with Crippen molar-refractivity contribution in [2.45, 2.75) is 6.92 Å². The van der Waals surface area contributed by atoms with Gasteiger partial charge in [0.15, 0.2) is 0 Å². The Bertz CT molecular complexity index is 1050. The van der Waals surface area contributed by atoms with Crippen LogP contribution in [0.25, 0.3) is 27.8 Å². The van der Waals surface area contributed by atoms with E-state index < -0.39 is 0 Å². The highest BCUT2D eigenvalue weighted by Gasteiger charge is 2.13. The molecule has 128 valence electrons. The summed E-state index contributed by atoms with van der Waals surface area (Å²) in [5.41, 5.74) is 4.98. The average Bonchev–Trinajstić information content (AvgIpc) is 3.08. The summed E-state index contributed by atoms with van der Waals surface area (Å²) in [5.74, 6) is -0.292. The smallest absolute Gasteiger partial charge is 0.338 e. The number of ether oxygens (including phenoxy) is 1. The quantitative estimate of drug-likeness (QED) is 0.461. The van der Waals surface area contributed by atoms with E-state index in [9.17, 15) is 4.79 Å². The minimum Gasteiger partial charge on any atom is -0.462 e. The summed E-state index contributed by atoms with van der Waals surface area (Å²) < 4.78 is 7.30. The maximum atomic E-state index is 11.9. The Labute approximate surface area is 152 Å². The highest BCUT2D eigenvalue weighted by Crippen LogP contribution is 2.31. The van der Waals surface area contributed by atoms with Crippen molar-refractivity contribution in [1.82, 2.24) is 4.57 Å². The highest BCUT2D eigenvalue weighted by atomic mass is 16.5. The minimum atomic E-state index is -0.292. The van der Waals surface area contributed by atoms with Crippen LogP contribution in [0.4, 0.5) is 0 Å². The Morgan fingerprint density at radius 1 is 0.885 bits per heavy atom. The standard InChI is InChI=1S/C23H19NO2/c1-2-26-23(25)18-12-14-20(15-13-18)24-21-11-7-6-10-19(21)16-22(24)17-8-4-3-5-9-17/h3-16H,2H2,1H3. The van der Waals surface area contributed by atoms with Gasteiger partial charge in [-0.05, 0) is 48.9 Å². The van der Waals surface area contributed by atoms with Crippen molar-refractivity contribution in [3.63, 3.8) is 0 Å². The zero-order valence-electron chi connectivity index (χ0n) is 14.6. The zero-order valence-corrected chi connectivity index (χ0v) is 14.6. The highest BCUT2D eigenvalue weighted by molar-refractivity contribution is 5.91. The zero-order chi connectivity index (χ0) is 17.9. The number of aromatic nitrogens is 1. The Morgan fingerprint density at radius 2 is 1.58 bits per heavy atom. The van der Waals surface area contributed by atoms with Crippen molar-refractivity contribution in [3.8, 4) is 16.9 Å². The van der Waals surface area contributed by atoms with Gasteiger partial charge in [-0.3, -0.25) is 0 Å². The van der Waals surface area contributed by atoms with Crippen LogP contribution in [-0.2, 0) is 4.74 Å². The van der Waals surface area contributed by atoms with Crippen LogP contribution in [0.1, 0.15) is 17.3 Å². The number of rotatable bonds is 4. The van der Waals surface area contributed by atoms with Crippen molar-refractivity contribution >= 4 is 16.9 Å². The van der Waals surface area contributed by atoms with E-state index in [1.165, 1.54) is 5.39 Å². The number of hydrogen-bond acceptors (Lipinski definition) is 2. The average molecular weight is 341 g/mol. The van der Waals surface area contributed by atoms with Gasteiger partial charge in [0.1, 0.15) is 0 Å². The lowest BCUT2D eigenvalue weighted by molar-refractivity contribution is 0.0526. The topological polar surface area (TPSA) is 31.2 Å². The normalized spacial score (nSPS) is 10.8. The fraction of sp³-hybridized carbons (Fsp3) is 0.0870. The van der Waals surface area contributed by atoms with Crippen LogP contribution in [0.2, 0.25) is 0 Å². The Kier molecular flexibility index (Phi) is 4.28. The second kappa shape index (κ2) is 6.89. The van der Waals surface area contributed by atoms with Crippen LogP contribution >= 0.6 is 0 Å². The third kappa shape index (κ3) is 2.88. The number of para-hydroxylation sites is 1. The first-order chi connectivity index (χ1) is 12.8. The summed E-state index contributed by atoms with van der Waals surface area (Å²) in [5, 5.41) is 1.18. The Balaban J connectivity index is 1.86. The van der Waals surface area contributed by atoms with Crippen LogP contribution in [-0.4, -0.2) is 17.1 Å². The first-order valence-electron chi connectivity index (χ1n) is 8.71. The molecule has 0 aliphatic rings. The molecule has 0 saturated heterocycles. The fourth-order valence-corrected chi connectivity index (χ4v) is 3.22. The van der Waals surface area contributed by atoms with Crippen LogP contribution in [0.3, 0.4) is 0 Å². The summed E-state index contributed by atoms with van der Waals surface area (Å²) in [7, 11) is 0. The molecule has 0 radical (unpaired) electrons. The van der Waals surface area contributed by atoms with E-state index in [1.807, 2.05) is 61.5 Å². The molecular weight excluding hydrogens is 322 g/mol. The third-order valence-electron chi connectivity index (χ3n) is 4.42. The lowest BCUT2D eigenvalue weighted by Gasteiger charge is -2.12. The van der Waals surface area contributed by atoms with E-state index in [4.69, 9.17) is 4.74 Å². The van der Waals surface area contributed by atoms with Crippen LogP contribution in [0, 0.1) is 0 Å². The van der Waals surface area contributed by atoms with Gasteiger partial charge in [0.2, 0.25) is 0 Å². The van der Waals surface area contributed by atoms with Gasteiger partial charge in [-0.15, -0.1) is 0 Å². The monoisotopic (exact) mass is 341 g/mol. The molecule has 0 aliphatic carbocycles. The van der Waals surface area contributed by atoms with Crippen molar-refractivity contribution in [2.75, 3.05) is 6.61 Å². The number of fused-ring (bicyclic) bond motifs is 1. The van der Waals surface area contributed by atoms with Gasteiger partial charge in [-0.2, -0.15) is 0 Å². The van der Waals surface area contributed by atoms with Gasteiger partial charge in [-0.25, -0.2) is 4.79 Å². The maximum absolute atomic E-state index is 11.9. The Hall–Kier alpha value is -3.33. The molecule has 0 N–H and O–H groups in total. The summed E-state index contributed by atoms with van der Waals surface area (Å²) in [6.45, 7) is 2.19. The number of carbonyl (C=O) groups excluding carboxylic acids is 1. The van der Waals surface area contributed by atoms with Crippen LogP contribution in [0.15, 0.2) is 84.9 Å². The van der Waals surface area contributed by atoms with Gasteiger partial charge in [0.25, 0.3) is 0 Å². The van der Waals surface area contributed by atoms with Gasteiger partial charge in [0.05, 0.1) is 23.4 Å². The largest absolute Gasteiger partial charge is 0.462 e. The molecule has 1 aromatic heterocycles.